The summed E-state index contributed by atoms with van der Waals surface area (Å²) in [5.41, 5.74) is 3.01. The van der Waals surface area contributed by atoms with E-state index in [1.54, 1.807) is 35.9 Å². The number of methoxy groups -OCH3 is 1. The zero-order valence-electron chi connectivity index (χ0n) is 15.4. The highest BCUT2D eigenvalue weighted by Crippen LogP contribution is 2.23. The monoisotopic (exact) mass is 425 g/mol. The van der Waals surface area contributed by atoms with Gasteiger partial charge in [0, 0.05) is 16.3 Å². The Morgan fingerprint density at radius 2 is 1.83 bits per heavy atom. The summed E-state index contributed by atoms with van der Waals surface area (Å²) in [6, 6.07) is 18.3. The zero-order chi connectivity index (χ0) is 20.2. The predicted molar refractivity (Wildman–Crippen MR) is 114 cm³/mol. The van der Waals surface area contributed by atoms with E-state index in [2.05, 4.69) is 20.6 Å². The number of benzene rings is 2. The van der Waals surface area contributed by atoms with E-state index in [1.165, 1.54) is 11.8 Å². The molecule has 0 aliphatic heterocycles. The lowest BCUT2D eigenvalue weighted by atomic mass is 10.1. The van der Waals surface area contributed by atoms with Crippen LogP contribution in [0.3, 0.4) is 0 Å². The second kappa shape index (κ2) is 8.50. The van der Waals surface area contributed by atoms with Gasteiger partial charge in [-0.2, -0.15) is 9.61 Å². The molecule has 9 heteroatoms. The molecule has 0 bridgehead atoms. The van der Waals surface area contributed by atoms with E-state index >= 15 is 0 Å². The lowest BCUT2D eigenvalue weighted by Crippen LogP contribution is -2.14. The van der Waals surface area contributed by atoms with E-state index in [0.29, 0.717) is 21.5 Å². The number of anilines is 1. The molecule has 0 aliphatic carbocycles. The molecular formula is C20H16ClN5O2S. The van der Waals surface area contributed by atoms with Gasteiger partial charge in [-0.05, 0) is 60.7 Å². The quantitative estimate of drug-likeness (QED) is 0.466. The highest BCUT2D eigenvalue weighted by molar-refractivity contribution is 7.99. The first-order valence-corrected chi connectivity index (χ1v) is 10.0. The summed E-state index contributed by atoms with van der Waals surface area (Å²) in [6.45, 7) is 0. The standard InChI is InChI=1S/C20H16ClN5O2S/c1-28-16-8-2-13(3-9-16)17-10-11-18-23-24-20(26(18)25-17)29-12-19(27)22-15-6-4-14(21)5-7-15/h2-11H,12H2,1H3,(H,22,27). The van der Waals surface area contributed by atoms with E-state index in [9.17, 15) is 4.79 Å². The van der Waals surface area contributed by atoms with Gasteiger partial charge in [-0.15, -0.1) is 10.2 Å². The van der Waals surface area contributed by atoms with Crippen molar-refractivity contribution in [2.75, 3.05) is 18.2 Å². The maximum Gasteiger partial charge on any atom is 0.234 e. The van der Waals surface area contributed by atoms with Gasteiger partial charge in [-0.25, -0.2) is 0 Å². The van der Waals surface area contributed by atoms with Crippen LogP contribution in [0.2, 0.25) is 5.02 Å². The summed E-state index contributed by atoms with van der Waals surface area (Å²) in [5.74, 6) is 0.806. The molecule has 4 aromatic rings. The first kappa shape index (κ1) is 19.2. The topological polar surface area (TPSA) is 81.4 Å². The molecule has 7 nitrogen and oxygen atoms in total. The highest BCUT2D eigenvalue weighted by atomic mass is 35.5. The van der Waals surface area contributed by atoms with Gasteiger partial charge < -0.3 is 10.1 Å². The fraction of sp³-hybridized carbons (Fsp3) is 0.100. The van der Waals surface area contributed by atoms with Crippen molar-refractivity contribution in [1.82, 2.24) is 19.8 Å². The minimum absolute atomic E-state index is 0.152. The summed E-state index contributed by atoms with van der Waals surface area (Å²) >= 11 is 7.12. The number of nitrogens with zero attached hydrogens (tertiary/aromatic N) is 4. The largest absolute Gasteiger partial charge is 0.497 e. The number of carbonyl (C=O) groups excluding carboxylic acids is 1. The number of halogens is 1. The number of hydrogen-bond acceptors (Lipinski definition) is 6. The van der Waals surface area contributed by atoms with Crippen LogP contribution in [0.5, 0.6) is 5.75 Å². The Bertz CT molecular complexity index is 1150. The Balaban J connectivity index is 1.48. The van der Waals surface area contributed by atoms with Gasteiger partial charge in [0.25, 0.3) is 0 Å². The Kier molecular flexibility index (Phi) is 5.64. The molecule has 2 aromatic heterocycles. The van der Waals surface area contributed by atoms with Crippen LogP contribution < -0.4 is 10.1 Å². The number of ether oxygens (including phenoxy) is 1. The molecule has 146 valence electrons. The molecule has 29 heavy (non-hydrogen) atoms. The van der Waals surface area contributed by atoms with E-state index in [4.69, 9.17) is 16.3 Å². The van der Waals surface area contributed by atoms with Gasteiger partial charge in [-0.3, -0.25) is 4.79 Å². The highest BCUT2D eigenvalue weighted by Gasteiger charge is 2.12. The number of fused-ring (bicyclic) bond motifs is 1. The van der Waals surface area contributed by atoms with E-state index in [1.807, 2.05) is 36.4 Å². The van der Waals surface area contributed by atoms with Gasteiger partial charge in [0.05, 0.1) is 18.6 Å². The molecule has 0 atom stereocenters. The molecule has 4 rings (SSSR count). The molecule has 2 heterocycles. The fourth-order valence-corrected chi connectivity index (χ4v) is 3.45. The van der Waals surface area contributed by atoms with Crippen molar-refractivity contribution in [2.45, 2.75) is 5.16 Å². The summed E-state index contributed by atoms with van der Waals surface area (Å²) in [5, 5.41) is 16.9. The van der Waals surface area contributed by atoms with Crippen molar-refractivity contribution >= 4 is 40.6 Å². The SMILES string of the molecule is COc1ccc(-c2ccc3nnc(SCC(=O)Nc4ccc(Cl)cc4)n3n2)cc1. The molecule has 0 fully saturated rings. The average molecular weight is 426 g/mol. The predicted octanol–water partition coefficient (Wildman–Crippen LogP) is 4.18. The van der Waals surface area contributed by atoms with E-state index < -0.39 is 0 Å². The smallest absolute Gasteiger partial charge is 0.234 e. The van der Waals surface area contributed by atoms with Crippen molar-refractivity contribution in [1.29, 1.82) is 0 Å². The van der Waals surface area contributed by atoms with Crippen LogP contribution in [0.4, 0.5) is 5.69 Å². The number of amides is 1. The van der Waals surface area contributed by atoms with Gasteiger partial charge >= 0.3 is 0 Å². The summed E-state index contributed by atoms with van der Waals surface area (Å²) in [4.78, 5) is 12.2. The molecule has 0 radical (unpaired) electrons. The Morgan fingerprint density at radius 1 is 1.07 bits per heavy atom. The average Bonchev–Trinajstić information content (AvgIpc) is 3.16. The molecule has 0 aliphatic rings. The third kappa shape index (κ3) is 4.49. The fourth-order valence-electron chi connectivity index (χ4n) is 2.64. The molecular weight excluding hydrogens is 410 g/mol. The summed E-state index contributed by atoms with van der Waals surface area (Å²) < 4.78 is 6.83. The number of rotatable bonds is 6. The Morgan fingerprint density at radius 3 is 2.55 bits per heavy atom. The molecule has 1 amide bonds. The van der Waals surface area contributed by atoms with Crippen molar-refractivity contribution in [3.8, 4) is 17.0 Å². The van der Waals surface area contributed by atoms with Gasteiger partial charge in [-0.1, -0.05) is 23.4 Å². The van der Waals surface area contributed by atoms with Crippen LogP contribution >= 0.6 is 23.4 Å². The van der Waals surface area contributed by atoms with Crippen molar-refractivity contribution in [2.24, 2.45) is 0 Å². The molecule has 1 N–H and O–H groups in total. The molecule has 0 saturated heterocycles. The first-order valence-electron chi connectivity index (χ1n) is 8.67. The van der Waals surface area contributed by atoms with Gasteiger partial charge in [0.1, 0.15) is 5.75 Å². The normalized spacial score (nSPS) is 10.8. The van der Waals surface area contributed by atoms with Crippen molar-refractivity contribution in [3.05, 3.63) is 65.7 Å². The van der Waals surface area contributed by atoms with Crippen LogP contribution in [0.15, 0.2) is 65.8 Å². The third-order valence-electron chi connectivity index (χ3n) is 4.08. The maximum absolute atomic E-state index is 12.2. The number of thioether (sulfide) groups is 1. The minimum atomic E-state index is -0.152. The van der Waals surface area contributed by atoms with Crippen LogP contribution in [0.1, 0.15) is 0 Å². The lowest BCUT2D eigenvalue weighted by molar-refractivity contribution is -0.113. The molecule has 0 saturated carbocycles. The van der Waals surface area contributed by atoms with Crippen LogP contribution in [-0.4, -0.2) is 38.6 Å². The maximum atomic E-state index is 12.2. The number of carbonyl (C=O) groups is 1. The Hall–Kier alpha value is -3.10. The minimum Gasteiger partial charge on any atom is -0.497 e. The zero-order valence-corrected chi connectivity index (χ0v) is 16.9. The van der Waals surface area contributed by atoms with Crippen LogP contribution in [0.25, 0.3) is 16.9 Å². The number of aromatic nitrogens is 4. The van der Waals surface area contributed by atoms with Crippen LogP contribution in [-0.2, 0) is 4.79 Å². The molecule has 2 aromatic carbocycles. The van der Waals surface area contributed by atoms with Crippen molar-refractivity contribution in [3.63, 3.8) is 0 Å². The summed E-state index contributed by atoms with van der Waals surface area (Å²) in [7, 11) is 1.63. The second-order valence-corrected chi connectivity index (χ2v) is 7.42. The van der Waals surface area contributed by atoms with Gasteiger partial charge in [0.2, 0.25) is 11.1 Å². The van der Waals surface area contributed by atoms with Gasteiger partial charge in [0.15, 0.2) is 5.65 Å². The molecule has 0 unspecified atom stereocenters. The number of nitrogens with one attached hydrogen (secondary N) is 1. The third-order valence-corrected chi connectivity index (χ3v) is 5.25. The lowest BCUT2D eigenvalue weighted by Gasteiger charge is -2.05. The summed E-state index contributed by atoms with van der Waals surface area (Å²) in [6.07, 6.45) is 0. The molecule has 0 spiro atoms. The first-order chi connectivity index (χ1) is 14.1. The number of hydrogen-bond donors (Lipinski definition) is 1. The van der Waals surface area contributed by atoms with E-state index in [-0.39, 0.29) is 11.7 Å². The Labute approximate surface area is 176 Å². The van der Waals surface area contributed by atoms with Crippen LogP contribution in [0, 0.1) is 0 Å². The van der Waals surface area contributed by atoms with E-state index in [0.717, 1.165) is 17.0 Å². The second-order valence-electron chi connectivity index (χ2n) is 6.04. The van der Waals surface area contributed by atoms with Crippen molar-refractivity contribution < 1.29 is 9.53 Å².